The fourth-order valence-corrected chi connectivity index (χ4v) is 3.47. The van der Waals surface area contributed by atoms with Gasteiger partial charge in [0.05, 0.1) is 0 Å². The Labute approximate surface area is 69.5 Å². The zero-order valence-corrected chi connectivity index (χ0v) is 9.56. The van der Waals surface area contributed by atoms with Crippen molar-refractivity contribution in [2.75, 3.05) is 6.16 Å². The van der Waals surface area contributed by atoms with Crippen molar-refractivity contribution < 1.29 is 0 Å². The summed E-state index contributed by atoms with van der Waals surface area (Å²) in [7, 11) is 4.17. The SMILES string of the molecule is CCCC(P)(CC)PCC. The molecular weight excluding hydrogens is 158 g/mol. The van der Waals surface area contributed by atoms with Gasteiger partial charge < -0.3 is 0 Å². The molecule has 0 aliphatic heterocycles. The van der Waals surface area contributed by atoms with Crippen molar-refractivity contribution in [3.05, 3.63) is 0 Å². The predicted octanol–water partition coefficient (Wildman–Crippen LogP) is 3.47. The van der Waals surface area contributed by atoms with Gasteiger partial charge in [0.15, 0.2) is 0 Å². The minimum atomic E-state index is 0.587. The third kappa shape index (κ3) is 3.89. The van der Waals surface area contributed by atoms with E-state index in [1.807, 2.05) is 0 Å². The van der Waals surface area contributed by atoms with E-state index in [-0.39, 0.29) is 0 Å². The second kappa shape index (κ2) is 5.50. The fourth-order valence-electron chi connectivity index (χ4n) is 1.19. The van der Waals surface area contributed by atoms with Crippen molar-refractivity contribution in [3.8, 4) is 0 Å². The minimum absolute atomic E-state index is 0.587. The lowest BCUT2D eigenvalue weighted by molar-refractivity contribution is 0.671. The van der Waals surface area contributed by atoms with Gasteiger partial charge in [-0.2, -0.15) is 0 Å². The Balaban J connectivity index is 3.69. The average molecular weight is 178 g/mol. The average Bonchev–Trinajstić information content (AvgIpc) is 1.89. The van der Waals surface area contributed by atoms with Crippen molar-refractivity contribution in [1.82, 2.24) is 0 Å². The standard InChI is InChI=1S/C8H20P2/c1-4-7-8(9,5-2)10-6-3/h10H,4-7,9H2,1-3H3. The molecule has 0 rings (SSSR count). The van der Waals surface area contributed by atoms with Gasteiger partial charge in [0, 0.05) is 4.90 Å². The van der Waals surface area contributed by atoms with E-state index in [4.69, 9.17) is 0 Å². The lowest BCUT2D eigenvalue weighted by Crippen LogP contribution is -2.11. The second-order valence-corrected chi connectivity index (χ2v) is 6.53. The third-order valence-electron chi connectivity index (χ3n) is 1.86. The summed E-state index contributed by atoms with van der Waals surface area (Å²) in [6.07, 6.45) is 5.36. The van der Waals surface area contributed by atoms with Crippen molar-refractivity contribution in [2.24, 2.45) is 0 Å². The highest BCUT2D eigenvalue weighted by molar-refractivity contribution is 7.51. The zero-order chi connectivity index (χ0) is 8.04. The molecule has 0 aliphatic rings. The van der Waals surface area contributed by atoms with Crippen LogP contribution in [0.25, 0.3) is 0 Å². The maximum Gasteiger partial charge on any atom is 0.00186 e. The Morgan fingerprint density at radius 2 is 1.90 bits per heavy atom. The highest BCUT2D eigenvalue weighted by Crippen LogP contribution is 2.44. The quantitative estimate of drug-likeness (QED) is 0.565. The first-order chi connectivity index (χ1) is 4.68. The summed E-state index contributed by atoms with van der Waals surface area (Å²) in [5.41, 5.74) is 0. The van der Waals surface area contributed by atoms with Crippen molar-refractivity contribution in [3.63, 3.8) is 0 Å². The molecule has 10 heavy (non-hydrogen) atoms. The normalized spacial score (nSPS) is 18.0. The first-order valence-corrected chi connectivity index (χ1v) is 6.01. The second-order valence-electron chi connectivity index (χ2n) is 2.79. The van der Waals surface area contributed by atoms with Crippen LogP contribution in [-0.4, -0.2) is 11.1 Å². The molecule has 0 saturated heterocycles. The lowest BCUT2D eigenvalue weighted by atomic mass is 10.2. The highest BCUT2D eigenvalue weighted by atomic mass is 31.1. The monoisotopic (exact) mass is 178 g/mol. The molecule has 0 heterocycles. The van der Waals surface area contributed by atoms with Gasteiger partial charge in [-0.05, 0) is 19.0 Å². The summed E-state index contributed by atoms with van der Waals surface area (Å²) in [5, 5.41) is 0. The summed E-state index contributed by atoms with van der Waals surface area (Å²) in [6, 6.07) is 0. The van der Waals surface area contributed by atoms with E-state index in [1.165, 1.54) is 25.4 Å². The molecule has 0 aromatic carbocycles. The van der Waals surface area contributed by atoms with Crippen LogP contribution in [0.4, 0.5) is 0 Å². The van der Waals surface area contributed by atoms with Gasteiger partial charge in [-0.1, -0.05) is 27.2 Å². The van der Waals surface area contributed by atoms with Crippen LogP contribution < -0.4 is 0 Å². The van der Waals surface area contributed by atoms with Crippen molar-refractivity contribution >= 4 is 17.8 Å². The predicted molar refractivity (Wildman–Crippen MR) is 56.5 cm³/mol. The molecule has 0 radical (unpaired) electrons. The van der Waals surface area contributed by atoms with Gasteiger partial charge in [0.1, 0.15) is 0 Å². The van der Waals surface area contributed by atoms with Crippen LogP contribution in [0.5, 0.6) is 0 Å². The molecule has 0 saturated carbocycles. The molecule has 3 unspecified atom stereocenters. The van der Waals surface area contributed by atoms with E-state index < -0.39 is 0 Å². The number of hydrogen-bond donors (Lipinski definition) is 0. The van der Waals surface area contributed by atoms with Crippen molar-refractivity contribution in [2.45, 2.75) is 44.9 Å². The molecule has 0 amide bonds. The van der Waals surface area contributed by atoms with Gasteiger partial charge in [0.25, 0.3) is 0 Å². The van der Waals surface area contributed by atoms with Crippen LogP contribution in [0, 0.1) is 0 Å². The molecule has 0 N–H and O–H groups in total. The molecular formula is C8H20P2. The summed E-state index contributed by atoms with van der Waals surface area (Å²) in [4.78, 5) is 0.587. The van der Waals surface area contributed by atoms with Crippen LogP contribution >= 0.6 is 17.8 Å². The van der Waals surface area contributed by atoms with Crippen LogP contribution in [0.2, 0.25) is 0 Å². The first-order valence-electron chi connectivity index (χ1n) is 4.22. The molecule has 0 fully saturated rings. The van der Waals surface area contributed by atoms with E-state index in [9.17, 15) is 0 Å². The molecule has 0 aliphatic carbocycles. The molecule has 3 atom stereocenters. The molecule has 0 spiro atoms. The van der Waals surface area contributed by atoms with E-state index in [0.717, 1.165) is 8.58 Å². The molecule has 0 aromatic rings. The van der Waals surface area contributed by atoms with Crippen LogP contribution in [0.15, 0.2) is 0 Å². The number of rotatable bonds is 5. The Kier molecular flexibility index (Phi) is 5.98. The molecule has 62 valence electrons. The van der Waals surface area contributed by atoms with Crippen LogP contribution in [0.1, 0.15) is 40.0 Å². The van der Waals surface area contributed by atoms with Gasteiger partial charge in [-0.3, -0.25) is 0 Å². The Morgan fingerprint density at radius 1 is 1.30 bits per heavy atom. The summed E-state index contributed by atoms with van der Waals surface area (Å²) >= 11 is 0. The molecule has 2 heteroatoms. The summed E-state index contributed by atoms with van der Waals surface area (Å²) in [5.74, 6) is 0. The van der Waals surface area contributed by atoms with Crippen molar-refractivity contribution in [1.29, 1.82) is 0 Å². The largest absolute Gasteiger partial charge is 0.127 e. The van der Waals surface area contributed by atoms with Gasteiger partial charge in [0.2, 0.25) is 0 Å². The first kappa shape index (κ1) is 10.9. The smallest absolute Gasteiger partial charge is 0.00186 e. The lowest BCUT2D eigenvalue weighted by Gasteiger charge is -2.26. The maximum atomic E-state index is 3.05. The Hall–Kier alpha value is 0.860. The van der Waals surface area contributed by atoms with Gasteiger partial charge in [-0.25, -0.2) is 0 Å². The Bertz CT molecular complexity index is 75.3. The van der Waals surface area contributed by atoms with E-state index in [2.05, 4.69) is 30.0 Å². The highest BCUT2D eigenvalue weighted by Gasteiger charge is 2.18. The summed E-state index contributed by atoms with van der Waals surface area (Å²) in [6.45, 7) is 6.85. The molecule has 0 aromatic heterocycles. The van der Waals surface area contributed by atoms with E-state index in [1.54, 1.807) is 0 Å². The van der Waals surface area contributed by atoms with Crippen LogP contribution in [-0.2, 0) is 0 Å². The van der Waals surface area contributed by atoms with Gasteiger partial charge >= 0.3 is 0 Å². The zero-order valence-electron chi connectivity index (χ0n) is 7.41. The van der Waals surface area contributed by atoms with Crippen LogP contribution in [0.3, 0.4) is 0 Å². The summed E-state index contributed by atoms with van der Waals surface area (Å²) < 4.78 is 0. The third-order valence-corrected chi connectivity index (χ3v) is 4.83. The fraction of sp³-hybridized carbons (Fsp3) is 1.00. The Morgan fingerprint density at radius 3 is 2.20 bits per heavy atom. The van der Waals surface area contributed by atoms with E-state index in [0.29, 0.717) is 4.90 Å². The van der Waals surface area contributed by atoms with E-state index >= 15 is 0 Å². The molecule has 0 nitrogen and oxygen atoms in total. The topological polar surface area (TPSA) is 0 Å². The number of hydrogen-bond acceptors (Lipinski definition) is 0. The van der Waals surface area contributed by atoms with Gasteiger partial charge in [-0.15, -0.1) is 17.8 Å². The maximum absolute atomic E-state index is 3.05. The minimum Gasteiger partial charge on any atom is -0.127 e. The molecule has 0 bridgehead atoms.